The van der Waals surface area contributed by atoms with Crippen LogP contribution in [0.4, 0.5) is 0 Å². The SMILES string of the molecule is Cc1oc(CNC(C)C)cc1COCCCC(C)C. The molecule has 1 N–H and O–H groups in total. The first kappa shape index (κ1) is 16.3. The molecular formula is C16H29NO2. The van der Waals surface area contributed by atoms with Crippen LogP contribution in [-0.4, -0.2) is 12.6 Å². The zero-order valence-corrected chi connectivity index (χ0v) is 13.1. The molecule has 0 radical (unpaired) electrons. The highest BCUT2D eigenvalue weighted by atomic mass is 16.5. The summed E-state index contributed by atoms with van der Waals surface area (Å²) in [5.74, 6) is 2.73. The van der Waals surface area contributed by atoms with Crippen molar-refractivity contribution >= 4 is 0 Å². The fourth-order valence-corrected chi connectivity index (χ4v) is 1.90. The van der Waals surface area contributed by atoms with Crippen LogP contribution in [0.3, 0.4) is 0 Å². The number of hydrogen-bond acceptors (Lipinski definition) is 3. The van der Waals surface area contributed by atoms with Gasteiger partial charge < -0.3 is 14.5 Å². The van der Waals surface area contributed by atoms with Gasteiger partial charge in [0.2, 0.25) is 0 Å². The van der Waals surface area contributed by atoms with E-state index in [1.54, 1.807) is 0 Å². The summed E-state index contributed by atoms with van der Waals surface area (Å²) in [5, 5.41) is 3.36. The highest BCUT2D eigenvalue weighted by Gasteiger charge is 2.08. The third-order valence-electron chi connectivity index (χ3n) is 3.08. The summed E-state index contributed by atoms with van der Waals surface area (Å²) >= 11 is 0. The lowest BCUT2D eigenvalue weighted by molar-refractivity contribution is 0.114. The average molecular weight is 267 g/mol. The molecule has 3 heteroatoms. The van der Waals surface area contributed by atoms with Crippen LogP contribution in [0.25, 0.3) is 0 Å². The van der Waals surface area contributed by atoms with Crippen molar-refractivity contribution < 1.29 is 9.15 Å². The highest BCUT2D eigenvalue weighted by molar-refractivity contribution is 5.19. The molecule has 0 fully saturated rings. The molecule has 0 saturated heterocycles. The molecule has 0 aliphatic carbocycles. The molecule has 1 aromatic rings. The van der Waals surface area contributed by atoms with Crippen molar-refractivity contribution in [3.63, 3.8) is 0 Å². The van der Waals surface area contributed by atoms with Gasteiger partial charge in [-0.05, 0) is 31.7 Å². The lowest BCUT2D eigenvalue weighted by atomic mass is 10.1. The van der Waals surface area contributed by atoms with E-state index in [1.807, 2.05) is 6.92 Å². The van der Waals surface area contributed by atoms with E-state index >= 15 is 0 Å². The van der Waals surface area contributed by atoms with E-state index in [-0.39, 0.29) is 0 Å². The largest absolute Gasteiger partial charge is 0.465 e. The first-order valence-corrected chi connectivity index (χ1v) is 7.38. The van der Waals surface area contributed by atoms with Crippen molar-refractivity contribution in [3.8, 4) is 0 Å². The van der Waals surface area contributed by atoms with Crippen molar-refractivity contribution in [2.24, 2.45) is 5.92 Å². The molecule has 0 bridgehead atoms. The Balaban J connectivity index is 2.29. The standard InChI is InChI=1S/C16H29NO2/c1-12(2)7-6-8-18-11-15-9-16(19-14(15)5)10-17-13(3)4/h9,12-13,17H,6-8,10-11H2,1-5H3. The van der Waals surface area contributed by atoms with Crippen LogP contribution in [0, 0.1) is 12.8 Å². The van der Waals surface area contributed by atoms with Crippen LogP contribution in [0.5, 0.6) is 0 Å². The molecule has 0 amide bonds. The smallest absolute Gasteiger partial charge is 0.118 e. The minimum absolute atomic E-state index is 0.473. The van der Waals surface area contributed by atoms with Gasteiger partial charge in [-0.15, -0.1) is 0 Å². The first-order valence-electron chi connectivity index (χ1n) is 7.38. The minimum Gasteiger partial charge on any atom is -0.465 e. The van der Waals surface area contributed by atoms with E-state index in [1.165, 1.54) is 12.0 Å². The third kappa shape index (κ3) is 6.79. The number of nitrogens with one attached hydrogen (secondary N) is 1. The second-order valence-corrected chi connectivity index (χ2v) is 5.92. The Morgan fingerprint density at radius 3 is 2.63 bits per heavy atom. The Labute approximate surface area is 117 Å². The maximum atomic E-state index is 5.72. The summed E-state index contributed by atoms with van der Waals surface area (Å²) in [6, 6.07) is 2.58. The molecular weight excluding hydrogens is 238 g/mol. The predicted octanol–water partition coefficient (Wildman–Crippen LogP) is 4.04. The Kier molecular flexibility index (Phi) is 7.17. The Bertz CT molecular complexity index is 356. The summed E-state index contributed by atoms with van der Waals surface area (Å²) in [7, 11) is 0. The Morgan fingerprint density at radius 2 is 2.00 bits per heavy atom. The van der Waals surface area contributed by atoms with Gasteiger partial charge in [0.1, 0.15) is 11.5 Å². The summed E-state index contributed by atoms with van der Waals surface area (Å²) in [5.41, 5.74) is 1.17. The maximum Gasteiger partial charge on any atom is 0.118 e. The fourth-order valence-electron chi connectivity index (χ4n) is 1.90. The number of furan rings is 1. The van der Waals surface area contributed by atoms with Gasteiger partial charge in [0, 0.05) is 18.2 Å². The molecule has 1 rings (SSSR count). The maximum absolute atomic E-state index is 5.72. The average Bonchev–Trinajstić information content (AvgIpc) is 2.67. The molecule has 0 aromatic carbocycles. The Morgan fingerprint density at radius 1 is 1.26 bits per heavy atom. The van der Waals surface area contributed by atoms with Crippen LogP contribution in [0.2, 0.25) is 0 Å². The molecule has 0 atom stereocenters. The number of hydrogen-bond donors (Lipinski definition) is 1. The van der Waals surface area contributed by atoms with Crippen LogP contribution in [0.1, 0.15) is 57.6 Å². The van der Waals surface area contributed by atoms with E-state index in [9.17, 15) is 0 Å². The van der Waals surface area contributed by atoms with Crippen molar-refractivity contribution in [1.29, 1.82) is 0 Å². The van der Waals surface area contributed by atoms with E-state index in [0.717, 1.165) is 37.0 Å². The molecule has 0 unspecified atom stereocenters. The van der Waals surface area contributed by atoms with E-state index in [2.05, 4.69) is 39.1 Å². The van der Waals surface area contributed by atoms with Gasteiger partial charge in [0.05, 0.1) is 13.2 Å². The van der Waals surface area contributed by atoms with Gasteiger partial charge in [-0.1, -0.05) is 27.7 Å². The topological polar surface area (TPSA) is 34.4 Å². The molecule has 1 aromatic heterocycles. The lowest BCUT2D eigenvalue weighted by Crippen LogP contribution is -2.21. The van der Waals surface area contributed by atoms with Gasteiger partial charge in [-0.3, -0.25) is 0 Å². The number of aryl methyl sites for hydroxylation is 1. The Hall–Kier alpha value is -0.800. The van der Waals surface area contributed by atoms with Crippen molar-refractivity contribution in [2.75, 3.05) is 6.61 Å². The van der Waals surface area contributed by atoms with Crippen LogP contribution in [-0.2, 0) is 17.9 Å². The van der Waals surface area contributed by atoms with Crippen molar-refractivity contribution in [1.82, 2.24) is 5.32 Å². The summed E-state index contributed by atoms with van der Waals surface area (Å²) in [6.45, 7) is 13.0. The molecule has 3 nitrogen and oxygen atoms in total. The van der Waals surface area contributed by atoms with Gasteiger partial charge in [0.25, 0.3) is 0 Å². The molecule has 0 aliphatic rings. The van der Waals surface area contributed by atoms with Crippen molar-refractivity contribution in [2.45, 2.75) is 66.7 Å². The number of rotatable bonds is 9. The predicted molar refractivity (Wildman–Crippen MR) is 79.1 cm³/mol. The van der Waals surface area contributed by atoms with E-state index in [4.69, 9.17) is 9.15 Å². The van der Waals surface area contributed by atoms with Crippen LogP contribution in [0.15, 0.2) is 10.5 Å². The fraction of sp³-hybridized carbons (Fsp3) is 0.750. The van der Waals surface area contributed by atoms with E-state index < -0.39 is 0 Å². The number of ether oxygens (including phenoxy) is 1. The third-order valence-corrected chi connectivity index (χ3v) is 3.08. The zero-order valence-electron chi connectivity index (χ0n) is 13.1. The van der Waals surface area contributed by atoms with Crippen LogP contribution < -0.4 is 5.32 Å². The summed E-state index contributed by atoms with van der Waals surface area (Å²) in [6.07, 6.45) is 2.37. The second-order valence-electron chi connectivity index (χ2n) is 5.92. The molecule has 0 aliphatic heterocycles. The van der Waals surface area contributed by atoms with Gasteiger partial charge in [0.15, 0.2) is 0 Å². The summed E-state index contributed by atoms with van der Waals surface area (Å²) < 4.78 is 11.4. The quantitative estimate of drug-likeness (QED) is 0.686. The molecule has 1 heterocycles. The van der Waals surface area contributed by atoms with Gasteiger partial charge >= 0.3 is 0 Å². The van der Waals surface area contributed by atoms with E-state index in [0.29, 0.717) is 12.6 Å². The summed E-state index contributed by atoms with van der Waals surface area (Å²) in [4.78, 5) is 0. The van der Waals surface area contributed by atoms with Gasteiger partial charge in [-0.2, -0.15) is 0 Å². The molecule has 19 heavy (non-hydrogen) atoms. The van der Waals surface area contributed by atoms with Crippen LogP contribution >= 0.6 is 0 Å². The highest BCUT2D eigenvalue weighted by Crippen LogP contribution is 2.16. The first-order chi connectivity index (χ1) is 8.99. The molecule has 0 spiro atoms. The zero-order chi connectivity index (χ0) is 14.3. The normalized spacial score (nSPS) is 11.7. The van der Waals surface area contributed by atoms with Gasteiger partial charge in [-0.25, -0.2) is 0 Å². The minimum atomic E-state index is 0.473. The van der Waals surface area contributed by atoms with Crippen molar-refractivity contribution in [3.05, 3.63) is 23.2 Å². The molecule has 0 saturated carbocycles. The molecule has 110 valence electrons. The monoisotopic (exact) mass is 267 g/mol. The lowest BCUT2D eigenvalue weighted by Gasteiger charge is -2.05. The second kappa shape index (κ2) is 8.39.